The van der Waals surface area contributed by atoms with Gasteiger partial charge in [0, 0.05) is 16.2 Å². The second-order valence-corrected chi connectivity index (χ2v) is 5.62. The molecule has 19 heavy (non-hydrogen) atoms. The molecule has 102 valence electrons. The van der Waals surface area contributed by atoms with Gasteiger partial charge in [0.2, 0.25) is 0 Å². The average molecular weight is 376 g/mol. The molecule has 0 unspecified atom stereocenters. The van der Waals surface area contributed by atoms with Crippen molar-refractivity contribution in [2.75, 3.05) is 12.3 Å². The van der Waals surface area contributed by atoms with E-state index in [0.717, 1.165) is 8.96 Å². The number of fused-ring (bicyclic) bond motifs is 1. The third-order valence-electron chi connectivity index (χ3n) is 3.29. The van der Waals surface area contributed by atoms with Gasteiger partial charge in [-0.05, 0) is 22.6 Å². The fourth-order valence-electron chi connectivity index (χ4n) is 2.33. The molecular formula is C11H13IN4O3. The number of hydrogen-bond donors (Lipinski definition) is 3. The summed E-state index contributed by atoms with van der Waals surface area (Å²) in [5.74, 6) is 0.422. The van der Waals surface area contributed by atoms with Crippen LogP contribution in [0.1, 0.15) is 12.6 Å². The van der Waals surface area contributed by atoms with Crippen LogP contribution in [0.4, 0.5) is 5.82 Å². The topological polar surface area (TPSA) is 106 Å². The number of anilines is 1. The first-order chi connectivity index (χ1) is 9.11. The third kappa shape index (κ3) is 2.08. The van der Waals surface area contributed by atoms with Crippen LogP contribution in [0.25, 0.3) is 11.0 Å². The molecule has 3 heterocycles. The summed E-state index contributed by atoms with van der Waals surface area (Å²) in [6.45, 7) is -0.203. The zero-order chi connectivity index (χ0) is 13.6. The summed E-state index contributed by atoms with van der Waals surface area (Å²) in [5, 5.41) is 19.7. The van der Waals surface area contributed by atoms with Crippen LogP contribution in [0, 0.1) is 3.57 Å². The number of rotatable bonds is 2. The molecule has 2 aromatic rings. The molecule has 7 nitrogen and oxygen atoms in total. The summed E-state index contributed by atoms with van der Waals surface area (Å²) < 4.78 is 8.38. The summed E-state index contributed by atoms with van der Waals surface area (Å²) in [4.78, 5) is 8.20. The minimum absolute atomic E-state index is 0.203. The predicted octanol–water partition coefficient (Wildman–Crippen LogP) is 0.259. The van der Waals surface area contributed by atoms with Gasteiger partial charge in [0.15, 0.2) is 0 Å². The van der Waals surface area contributed by atoms with Crippen LogP contribution < -0.4 is 5.73 Å². The van der Waals surface area contributed by atoms with Crippen LogP contribution in [-0.4, -0.2) is 43.6 Å². The molecule has 0 spiro atoms. The first-order valence-corrected chi connectivity index (χ1v) is 6.90. The van der Waals surface area contributed by atoms with Crippen LogP contribution >= 0.6 is 22.6 Å². The van der Waals surface area contributed by atoms with E-state index in [1.807, 2.05) is 10.8 Å². The number of hydrogen-bond acceptors (Lipinski definition) is 6. The maximum Gasteiger partial charge on any atom is 0.148 e. The molecule has 0 aliphatic carbocycles. The Morgan fingerprint density at radius 1 is 1.53 bits per heavy atom. The van der Waals surface area contributed by atoms with Crippen molar-refractivity contribution in [3.05, 3.63) is 16.1 Å². The predicted molar refractivity (Wildman–Crippen MR) is 76.3 cm³/mol. The van der Waals surface area contributed by atoms with Crippen molar-refractivity contribution >= 4 is 39.4 Å². The zero-order valence-corrected chi connectivity index (χ0v) is 12.1. The Balaban J connectivity index is 2.05. The van der Waals surface area contributed by atoms with Crippen molar-refractivity contribution in [2.45, 2.75) is 24.9 Å². The van der Waals surface area contributed by atoms with Crippen molar-refractivity contribution in [3.63, 3.8) is 0 Å². The molecule has 1 fully saturated rings. The highest BCUT2D eigenvalue weighted by Gasteiger charge is 2.35. The molecule has 4 N–H and O–H groups in total. The number of ether oxygens (including phenoxy) is 1. The standard InChI is InChI=1S/C11H13IN4O3/c12-5-2-16(8-1-6(18)7(3-17)19-8)11-9(5)10(13)14-4-15-11/h2,4,6-8,17-18H,1,3H2,(H2,13,14,15)/t6-,7-,8-/m0/s1. The zero-order valence-electron chi connectivity index (χ0n) is 9.90. The van der Waals surface area contributed by atoms with E-state index in [4.69, 9.17) is 15.6 Å². The van der Waals surface area contributed by atoms with Crippen molar-refractivity contribution in [1.29, 1.82) is 0 Å². The van der Waals surface area contributed by atoms with E-state index in [1.165, 1.54) is 6.33 Å². The lowest BCUT2D eigenvalue weighted by molar-refractivity contribution is -0.0430. The van der Waals surface area contributed by atoms with E-state index < -0.39 is 12.2 Å². The molecule has 0 amide bonds. The van der Waals surface area contributed by atoms with Crippen LogP contribution in [-0.2, 0) is 4.74 Å². The molecule has 3 rings (SSSR count). The van der Waals surface area contributed by atoms with Gasteiger partial charge in [-0.1, -0.05) is 0 Å². The van der Waals surface area contributed by atoms with E-state index in [0.29, 0.717) is 17.9 Å². The minimum atomic E-state index is -0.677. The van der Waals surface area contributed by atoms with Gasteiger partial charge >= 0.3 is 0 Å². The third-order valence-corrected chi connectivity index (χ3v) is 4.10. The molecule has 0 bridgehead atoms. The van der Waals surface area contributed by atoms with Gasteiger partial charge in [-0.15, -0.1) is 0 Å². The van der Waals surface area contributed by atoms with E-state index in [9.17, 15) is 5.11 Å². The highest BCUT2D eigenvalue weighted by atomic mass is 127. The molecule has 1 saturated heterocycles. The van der Waals surface area contributed by atoms with Gasteiger partial charge < -0.3 is 25.3 Å². The molecule has 8 heteroatoms. The van der Waals surface area contributed by atoms with Crippen LogP contribution in [0.3, 0.4) is 0 Å². The molecule has 1 aliphatic rings. The van der Waals surface area contributed by atoms with E-state index in [1.54, 1.807) is 0 Å². The molecule has 0 aromatic carbocycles. The Bertz CT molecular complexity index is 617. The Hall–Kier alpha value is -0.970. The molecule has 0 saturated carbocycles. The Morgan fingerprint density at radius 2 is 2.32 bits per heavy atom. The second-order valence-electron chi connectivity index (χ2n) is 4.46. The van der Waals surface area contributed by atoms with Crippen molar-refractivity contribution < 1.29 is 14.9 Å². The number of halogens is 1. The second kappa shape index (κ2) is 4.85. The average Bonchev–Trinajstić information content (AvgIpc) is 2.91. The molecule has 1 aliphatic heterocycles. The number of aromatic nitrogens is 3. The monoisotopic (exact) mass is 376 g/mol. The number of nitrogen functional groups attached to an aromatic ring is 1. The molecular weight excluding hydrogens is 363 g/mol. The Kier molecular flexibility index (Phi) is 3.33. The van der Waals surface area contributed by atoms with E-state index in [2.05, 4.69) is 32.6 Å². The summed E-state index contributed by atoms with van der Waals surface area (Å²) in [6.07, 6.45) is 2.10. The van der Waals surface area contributed by atoms with Crippen LogP contribution in [0.2, 0.25) is 0 Å². The van der Waals surface area contributed by atoms with Gasteiger partial charge in [0.1, 0.15) is 30.1 Å². The summed E-state index contributed by atoms with van der Waals surface area (Å²) >= 11 is 2.16. The lowest BCUT2D eigenvalue weighted by Crippen LogP contribution is -2.24. The number of nitrogens with zero attached hydrogens (tertiary/aromatic N) is 3. The van der Waals surface area contributed by atoms with Gasteiger partial charge in [-0.25, -0.2) is 9.97 Å². The summed E-state index contributed by atoms with van der Waals surface area (Å²) in [6, 6.07) is 0. The van der Waals surface area contributed by atoms with Crippen molar-refractivity contribution in [3.8, 4) is 0 Å². The number of aliphatic hydroxyl groups is 2. The molecule has 2 aromatic heterocycles. The minimum Gasteiger partial charge on any atom is -0.394 e. The SMILES string of the molecule is Nc1ncnc2c1c(I)cn2[C@@H]1C[C@H](O)[C@H](CO)O1. The van der Waals surface area contributed by atoms with Crippen molar-refractivity contribution in [2.24, 2.45) is 0 Å². The number of nitrogens with two attached hydrogens (primary N) is 1. The Morgan fingerprint density at radius 3 is 3.00 bits per heavy atom. The van der Waals surface area contributed by atoms with E-state index >= 15 is 0 Å². The largest absolute Gasteiger partial charge is 0.394 e. The maximum absolute atomic E-state index is 9.80. The molecule has 3 atom stereocenters. The van der Waals surface area contributed by atoms with Gasteiger partial charge in [0.25, 0.3) is 0 Å². The lowest BCUT2D eigenvalue weighted by atomic mass is 10.2. The first-order valence-electron chi connectivity index (χ1n) is 5.82. The van der Waals surface area contributed by atoms with Crippen molar-refractivity contribution in [1.82, 2.24) is 14.5 Å². The fraction of sp³-hybridized carbons (Fsp3) is 0.455. The number of aliphatic hydroxyl groups excluding tert-OH is 2. The normalized spacial score (nSPS) is 27.2. The quantitative estimate of drug-likeness (QED) is 0.650. The highest BCUT2D eigenvalue weighted by molar-refractivity contribution is 14.1. The maximum atomic E-state index is 9.80. The Labute approximate surface area is 122 Å². The lowest BCUT2D eigenvalue weighted by Gasteiger charge is -2.14. The first kappa shape index (κ1) is 13.0. The highest BCUT2D eigenvalue weighted by Crippen LogP contribution is 2.34. The smallest absolute Gasteiger partial charge is 0.148 e. The van der Waals surface area contributed by atoms with E-state index in [-0.39, 0.29) is 12.8 Å². The van der Waals surface area contributed by atoms with Crippen LogP contribution in [0.15, 0.2) is 12.5 Å². The fourth-order valence-corrected chi connectivity index (χ4v) is 3.15. The van der Waals surface area contributed by atoms with Gasteiger partial charge in [0.05, 0.1) is 18.1 Å². The van der Waals surface area contributed by atoms with Crippen LogP contribution in [0.5, 0.6) is 0 Å². The van der Waals surface area contributed by atoms with Gasteiger partial charge in [-0.3, -0.25) is 0 Å². The summed E-state index contributed by atoms with van der Waals surface area (Å²) in [5.41, 5.74) is 6.52. The molecule has 0 radical (unpaired) electrons. The van der Waals surface area contributed by atoms with Gasteiger partial charge in [-0.2, -0.15) is 0 Å². The summed E-state index contributed by atoms with van der Waals surface area (Å²) in [7, 11) is 0.